The predicted octanol–water partition coefficient (Wildman–Crippen LogP) is -0.478. The van der Waals surface area contributed by atoms with Gasteiger partial charge in [-0.1, -0.05) is 0 Å². The molecule has 0 rings (SSSR count). The maximum absolute atomic E-state index is 8.25. The normalized spacial score (nSPS) is 5.33. The van der Waals surface area contributed by atoms with E-state index in [1.807, 2.05) is 0 Å². The van der Waals surface area contributed by atoms with Crippen molar-refractivity contribution in [2.24, 2.45) is 0 Å². The molecule has 0 spiro atoms. The first-order chi connectivity index (χ1) is 3.46. The summed E-state index contributed by atoms with van der Waals surface area (Å²) in [6.45, 7) is 0. The first-order valence-electron chi connectivity index (χ1n) is 1.10. The minimum Gasteiger partial charge on any atom is -0.356 e. The van der Waals surface area contributed by atoms with E-state index in [1.165, 1.54) is 0 Å². The molecule has 0 fully saturated rings. The van der Waals surface area contributed by atoms with Crippen molar-refractivity contribution in [3.8, 4) is 0 Å². The van der Waals surface area contributed by atoms with Crippen LogP contribution in [0.2, 0.25) is 0 Å². The number of hydrogen-bond acceptors (Lipinski definition) is 6. The van der Waals surface area contributed by atoms with Gasteiger partial charge in [-0.3, -0.25) is 0 Å². The molecule has 0 saturated heterocycles. The molecule has 0 heterocycles. The molecule has 9 heteroatoms. The Hall–Kier alpha value is -0.0805. The molecule has 0 amide bonds. The third kappa shape index (κ3) is 42800. The van der Waals surface area contributed by atoms with Crippen LogP contribution in [-0.2, 0) is 0 Å². The smallest absolute Gasteiger partial charge is 0.356 e. The summed E-state index contributed by atoms with van der Waals surface area (Å²) in [7, 11) is 0. The zero-order valence-electron chi connectivity index (χ0n) is 3.61. The quantitative estimate of drug-likeness (QED) is 0.438. The van der Waals surface area contributed by atoms with Crippen LogP contribution in [0.25, 0.3) is 0 Å². The first-order valence-corrected chi connectivity index (χ1v) is 1.10. The third-order valence-electron chi connectivity index (χ3n) is 0. The Morgan fingerprint density at radius 2 is 0.778 bits per heavy atom. The molecule has 0 N–H and O–H groups in total. The zero-order valence-corrected chi connectivity index (χ0v) is 5.33. The molecule has 0 saturated carbocycles. The van der Waals surface area contributed by atoms with Crippen LogP contribution in [0, 0.1) is 77.6 Å². The Balaban J connectivity index is -0.0000000720. The topological polar surface area (TPSA) is 132 Å². The second-order valence-electron chi connectivity index (χ2n) is 0.447. The van der Waals surface area contributed by atoms with Gasteiger partial charge < -0.3 is 30.6 Å². The monoisotopic (exact) mass is 298 g/mol. The minimum absolute atomic E-state index is 0. The van der Waals surface area contributed by atoms with E-state index in [9.17, 15) is 0 Å². The summed E-state index contributed by atoms with van der Waals surface area (Å²) in [6, 6.07) is 0. The molecule has 0 aromatic heterocycles. The molecular weight excluding hydrogens is 297 g/mol. The van der Waals surface area contributed by atoms with Crippen molar-refractivity contribution in [1.82, 2.24) is 0 Å². The van der Waals surface area contributed by atoms with Crippen molar-refractivity contribution in [3.05, 3.63) is 30.6 Å². The van der Waals surface area contributed by atoms with Crippen LogP contribution in [-0.4, -0.2) is 10.2 Å². The van der Waals surface area contributed by atoms with Gasteiger partial charge in [-0.15, -0.1) is 0 Å². The summed E-state index contributed by atoms with van der Waals surface area (Å²) in [5.74, 6) is 0. The molecule has 0 aliphatic heterocycles. The second kappa shape index (κ2) is 10.8. The Kier molecular flexibility index (Phi) is 19.2. The van der Waals surface area contributed by atoms with Crippen LogP contribution in [0.15, 0.2) is 0 Å². The summed E-state index contributed by atoms with van der Waals surface area (Å²) < 4.78 is 0. The molecule has 0 aliphatic carbocycles. The molecule has 0 atom stereocenters. The van der Waals surface area contributed by atoms with Crippen molar-refractivity contribution in [1.29, 1.82) is 0 Å². The van der Waals surface area contributed by atoms with Gasteiger partial charge in [0.25, 0.3) is 0 Å². The van der Waals surface area contributed by atoms with Gasteiger partial charge in [-0.25, -0.2) is 0 Å². The van der Waals surface area contributed by atoms with Crippen LogP contribution in [0.4, 0.5) is 0 Å². The van der Waals surface area contributed by atoms with E-state index >= 15 is 0 Å². The number of hydrogen-bond donors (Lipinski definition) is 0. The summed E-state index contributed by atoms with van der Waals surface area (Å²) in [5, 5.41) is 29.5. The van der Waals surface area contributed by atoms with Crippen molar-refractivity contribution < 1.29 is 57.1 Å². The van der Waals surface area contributed by atoms with Crippen molar-refractivity contribution in [2.45, 2.75) is 0 Å². The maximum Gasteiger partial charge on any atom is 2.00 e. The molecule has 8 nitrogen and oxygen atoms in total. The second-order valence-corrected chi connectivity index (χ2v) is 0.447. The largest absolute Gasteiger partial charge is 2.00 e. The van der Waals surface area contributed by atoms with E-state index < -0.39 is 10.2 Å². The van der Waals surface area contributed by atoms with Crippen LogP contribution in [0.1, 0.15) is 0 Å². The van der Waals surface area contributed by atoms with Gasteiger partial charge in [0, 0.05) is 0 Å². The fourth-order valence-electron chi connectivity index (χ4n) is 0. The number of rotatable bonds is 0. The van der Waals surface area contributed by atoms with Crippen LogP contribution < -0.4 is 0 Å². The average Bonchev–Trinajstić information content (AvgIpc) is 1.25. The van der Waals surface area contributed by atoms with Crippen molar-refractivity contribution in [3.63, 3.8) is 0 Å². The Morgan fingerprint density at radius 1 is 0.778 bits per heavy atom. The molecule has 0 aromatic rings. The fourth-order valence-corrected chi connectivity index (χ4v) is 0. The third-order valence-corrected chi connectivity index (χ3v) is 0. The van der Waals surface area contributed by atoms with E-state index in [2.05, 4.69) is 0 Å². The van der Waals surface area contributed by atoms with Crippen LogP contribution >= 0.6 is 0 Å². The molecular formula is N2O6Yb. The molecule has 60 valence electrons. The molecule has 0 bridgehead atoms. The Bertz CT molecular complexity index is 69.1. The van der Waals surface area contributed by atoms with E-state index in [4.69, 9.17) is 30.6 Å². The van der Waals surface area contributed by atoms with E-state index in [0.717, 1.165) is 0 Å². The van der Waals surface area contributed by atoms with Gasteiger partial charge in [-0.2, -0.15) is 0 Å². The molecule has 0 aliphatic rings. The van der Waals surface area contributed by atoms with Gasteiger partial charge in [0.15, 0.2) is 0 Å². The van der Waals surface area contributed by atoms with Gasteiger partial charge in [0.1, 0.15) is 0 Å². The SMILES string of the molecule is O=[N+]([O-])[O-].O=[N+]([O-])[O-].[Yb+2]. The van der Waals surface area contributed by atoms with Crippen molar-refractivity contribution >= 4 is 0 Å². The average molecular weight is 297 g/mol. The summed E-state index contributed by atoms with van der Waals surface area (Å²) in [4.78, 5) is 16.5. The summed E-state index contributed by atoms with van der Waals surface area (Å²) in [5.41, 5.74) is 0. The van der Waals surface area contributed by atoms with Crippen LogP contribution in [0.5, 0.6) is 0 Å². The molecule has 0 unspecified atom stereocenters. The molecule has 9 heavy (non-hydrogen) atoms. The molecule has 0 aromatic carbocycles. The Morgan fingerprint density at radius 3 is 0.778 bits per heavy atom. The van der Waals surface area contributed by atoms with Crippen LogP contribution in [0.3, 0.4) is 0 Å². The van der Waals surface area contributed by atoms with E-state index in [0.29, 0.717) is 0 Å². The Labute approximate surface area is 86.9 Å². The predicted molar refractivity (Wildman–Crippen MR) is 20.7 cm³/mol. The van der Waals surface area contributed by atoms with E-state index in [1.54, 1.807) is 0 Å². The van der Waals surface area contributed by atoms with Gasteiger partial charge in [0.2, 0.25) is 0 Å². The van der Waals surface area contributed by atoms with Gasteiger partial charge >= 0.3 is 46.9 Å². The first kappa shape index (κ1) is 16.0. The standard InChI is InChI=1S/2NO3.Yb/c2*2-1(3)4;/q2*-1;+2. The summed E-state index contributed by atoms with van der Waals surface area (Å²) in [6.07, 6.45) is 0. The zero-order chi connectivity index (χ0) is 7.15. The molecule has 0 radical (unpaired) electrons. The number of nitrogens with zero attached hydrogens (tertiary/aromatic N) is 2. The maximum atomic E-state index is 8.25. The van der Waals surface area contributed by atoms with E-state index in [-0.39, 0.29) is 46.9 Å². The van der Waals surface area contributed by atoms with Gasteiger partial charge in [0.05, 0.1) is 10.2 Å². The fraction of sp³-hybridized carbons (Fsp3) is 0. The van der Waals surface area contributed by atoms with Crippen molar-refractivity contribution in [2.75, 3.05) is 0 Å². The minimum atomic E-state index is -1.75. The van der Waals surface area contributed by atoms with Gasteiger partial charge in [-0.05, 0) is 0 Å². The summed E-state index contributed by atoms with van der Waals surface area (Å²) >= 11 is 0.